The van der Waals surface area contributed by atoms with Gasteiger partial charge in [-0.2, -0.15) is 0 Å². The Balaban J connectivity index is 0.000000161. The summed E-state index contributed by atoms with van der Waals surface area (Å²) in [5.41, 5.74) is 3.21. The molecule has 3 saturated carbocycles. The smallest absolute Gasteiger partial charge is 0.171 e. The maximum Gasteiger partial charge on any atom is 0.171 e. The Labute approximate surface area is 330 Å². The highest BCUT2D eigenvalue weighted by molar-refractivity contribution is 6.01. The van der Waals surface area contributed by atoms with Crippen LogP contribution in [0.25, 0.3) is 12.2 Å². The lowest BCUT2D eigenvalue weighted by Crippen LogP contribution is -2.54. The Morgan fingerprint density at radius 3 is 2.54 bits per heavy atom. The summed E-state index contributed by atoms with van der Waals surface area (Å²) >= 11 is 0. The van der Waals surface area contributed by atoms with Crippen LogP contribution in [0.2, 0.25) is 0 Å². The van der Waals surface area contributed by atoms with Crippen LogP contribution in [0, 0.1) is 40.9 Å². The standard InChI is InChI=1S/C25H28O6.C22H27NO2/c1-24(2)9-8-16-20(30-24)7-6-14(23(16)29-5)11-18(26)17-10-15-12-22(28)25(3,4)31-21(15)13-19(17)27;1-4-22(24)10-8-18-16-6-5-15-11-19-14(13-23-25-19)12-20(15,2)17(16)7-9-21(18,22)3/h6-10,13,22,27-28H,11-12H2,1-5H3;1,11,13,16-18,24H,5-10,12H2,2-3H3. The Bertz CT molecular complexity index is 2190. The monoisotopic (exact) mass is 761 g/mol. The van der Waals surface area contributed by atoms with Gasteiger partial charge in [0.05, 0.1) is 30.5 Å². The molecular formula is C47H55NO8. The number of carbonyl (C=O) groups excluding carboxylic acids is 1. The van der Waals surface area contributed by atoms with Gasteiger partial charge in [-0.25, -0.2) is 0 Å². The normalized spacial score (nSPS) is 32.5. The summed E-state index contributed by atoms with van der Waals surface area (Å²) in [4.78, 5) is 13.1. The fourth-order valence-electron chi connectivity index (χ4n) is 11.2. The summed E-state index contributed by atoms with van der Waals surface area (Å²) in [5.74, 6) is 7.01. The summed E-state index contributed by atoms with van der Waals surface area (Å²) in [6, 6.07) is 6.72. The maximum atomic E-state index is 13.1. The zero-order chi connectivity index (χ0) is 40.0. The molecule has 2 aliphatic heterocycles. The van der Waals surface area contributed by atoms with Crippen molar-refractivity contribution in [3.8, 4) is 35.3 Å². The number of terminal acetylenes is 1. The minimum absolute atomic E-state index is 0.0505. The van der Waals surface area contributed by atoms with Crippen LogP contribution in [0.4, 0.5) is 0 Å². The SMILES string of the molecule is C#CC1(O)CCC2C3CCC4=Cc5oncc5CC4(C)C3CCC21C.COc1c(CC(=O)c2cc3c(cc2O)OC(C)(C)C(O)C3)ccc2c1C=CC(C)(C)O2. The molecule has 3 fully saturated rings. The Morgan fingerprint density at radius 2 is 1.79 bits per heavy atom. The van der Waals surface area contributed by atoms with Gasteiger partial charge in [-0.3, -0.25) is 4.79 Å². The molecule has 7 atom stereocenters. The van der Waals surface area contributed by atoms with Crippen LogP contribution in [0.15, 0.2) is 46.6 Å². The van der Waals surface area contributed by atoms with Crippen LogP contribution in [-0.2, 0) is 19.3 Å². The third-order valence-electron chi connectivity index (χ3n) is 14.6. The molecule has 0 amide bonds. The second-order valence-electron chi connectivity index (χ2n) is 18.6. The van der Waals surface area contributed by atoms with E-state index in [1.54, 1.807) is 32.6 Å². The van der Waals surface area contributed by atoms with E-state index in [1.807, 2.05) is 44.3 Å². The first kappa shape index (κ1) is 38.4. The number of aliphatic hydroxyl groups excluding tert-OH is 1. The number of aromatic nitrogens is 1. The number of aliphatic hydroxyl groups is 2. The van der Waals surface area contributed by atoms with E-state index in [9.17, 15) is 20.1 Å². The number of benzene rings is 2. The molecule has 3 heterocycles. The number of methoxy groups -OCH3 is 1. The van der Waals surface area contributed by atoms with E-state index in [0.29, 0.717) is 52.5 Å². The van der Waals surface area contributed by atoms with Crippen LogP contribution < -0.4 is 14.2 Å². The van der Waals surface area contributed by atoms with Gasteiger partial charge in [-0.1, -0.05) is 36.6 Å². The molecule has 296 valence electrons. The van der Waals surface area contributed by atoms with Gasteiger partial charge in [0.1, 0.15) is 39.8 Å². The first-order chi connectivity index (χ1) is 26.4. The number of nitrogens with zero attached hydrogens (tertiary/aromatic N) is 1. The van der Waals surface area contributed by atoms with Crippen molar-refractivity contribution in [3.63, 3.8) is 0 Å². The number of ketones is 1. The number of fused-ring (bicyclic) bond motifs is 8. The molecule has 9 heteroatoms. The summed E-state index contributed by atoms with van der Waals surface area (Å²) < 4.78 is 22.8. The molecule has 0 saturated heterocycles. The van der Waals surface area contributed by atoms with Gasteiger partial charge in [-0.05, 0) is 132 Å². The number of rotatable bonds is 4. The highest BCUT2D eigenvalue weighted by atomic mass is 16.5. The average Bonchev–Trinajstić information content (AvgIpc) is 3.71. The fourth-order valence-corrected chi connectivity index (χ4v) is 11.2. The number of hydrogen-bond acceptors (Lipinski definition) is 9. The fraction of sp³-hybridized carbons (Fsp3) is 0.532. The van der Waals surface area contributed by atoms with Gasteiger partial charge in [0, 0.05) is 35.4 Å². The minimum Gasteiger partial charge on any atom is -0.507 e. The number of allylic oxidation sites excluding steroid dienone is 1. The molecule has 3 N–H and O–H groups in total. The van der Waals surface area contributed by atoms with Crippen molar-refractivity contribution < 1.29 is 38.8 Å². The lowest BCUT2D eigenvalue weighted by molar-refractivity contribution is -0.0975. The number of phenolic OH excluding ortho intramolecular Hbond substituents is 1. The summed E-state index contributed by atoms with van der Waals surface area (Å²) in [6.45, 7) is 12.2. The molecule has 0 spiro atoms. The quantitative estimate of drug-likeness (QED) is 0.178. The van der Waals surface area contributed by atoms with Gasteiger partial charge in [0.2, 0.25) is 0 Å². The molecule has 9 rings (SSSR count). The average molecular weight is 762 g/mol. The number of Topliss-reactive ketones (excluding diaryl/α,β-unsaturated/α-hetero) is 1. The second-order valence-corrected chi connectivity index (χ2v) is 18.6. The van der Waals surface area contributed by atoms with Crippen LogP contribution in [0.1, 0.15) is 118 Å². The largest absolute Gasteiger partial charge is 0.507 e. The van der Waals surface area contributed by atoms with E-state index < -0.39 is 22.9 Å². The lowest BCUT2D eigenvalue weighted by Gasteiger charge is -2.58. The van der Waals surface area contributed by atoms with Crippen molar-refractivity contribution in [2.24, 2.45) is 28.6 Å². The number of carbonyl (C=O) groups is 1. The van der Waals surface area contributed by atoms with Crippen molar-refractivity contribution >= 4 is 17.9 Å². The number of phenols is 1. The highest BCUT2D eigenvalue weighted by Gasteiger charge is 2.63. The Kier molecular flexibility index (Phi) is 9.09. The van der Waals surface area contributed by atoms with Crippen molar-refractivity contribution in [2.45, 2.75) is 122 Å². The molecule has 2 aromatic carbocycles. The third kappa shape index (κ3) is 6.06. The summed E-state index contributed by atoms with van der Waals surface area (Å²) in [5, 5.41) is 35.9. The van der Waals surface area contributed by atoms with E-state index in [2.05, 4.69) is 31.0 Å². The number of ether oxygens (including phenoxy) is 3. The first-order valence-corrected chi connectivity index (χ1v) is 20.1. The predicted octanol–water partition coefficient (Wildman–Crippen LogP) is 8.31. The van der Waals surface area contributed by atoms with Gasteiger partial charge in [-0.15, -0.1) is 6.42 Å². The molecule has 0 radical (unpaired) electrons. The number of aromatic hydroxyl groups is 1. The molecule has 9 nitrogen and oxygen atoms in total. The highest BCUT2D eigenvalue weighted by Crippen LogP contribution is 2.67. The molecular weight excluding hydrogens is 707 g/mol. The first-order valence-electron chi connectivity index (χ1n) is 20.1. The maximum absolute atomic E-state index is 13.1. The van der Waals surface area contributed by atoms with E-state index in [0.717, 1.165) is 49.8 Å². The van der Waals surface area contributed by atoms with Crippen LogP contribution in [0.5, 0.6) is 23.0 Å². The third-order valence-corrected chi connectivity index (χ3v) is 14.6. The topological polar surface area (TPSA) is 131 Å². The molecule has 56 heavy (non-hydrogen) atoms. The summed E-state index contributed by atoms with van der Waals surface area (Å²) in [6.07, 6.45) is 21.0. The van der Waals surface area contributed by atoms with Crippen molar-refractivity contribution in [1.29, 1.82) is 0 Å². The molecule has 3 aromatic rings. The second kappa shape index (κ2) is 13.3. The Hall–Kier alpha value is -4.52. The van der Waals surface area contributed by atoms with Crippen molar-refractivity contribution in [3.05, 3.63) is 75.7 Å². The van der Waals surface area contributed by atoms with Gasteiger partial charge in [0.15, 0.2) is 11.5 Å². The molecule has 1 aromatic heterocycles. The molecule has 0 bridgehead atoms. The van der Waals surface area contributed by atoms with E-state index in [1.165, 1.54) is 18.1 Å². The number of hydrogen-bond donors (Lipinski definition) is 3. The molecule has 4 aliphatic carbocycles. The molecule has 6 aliphatic rings. The van der Waals surface area contributed by atoms with Crippen LogP contribution >= 0.6 is 0 Å². The predicted molar refractivity (Wildman–Crippen MR) is 214 cm³/mol. The van der Waals surface area contributed by atoms with E-state index >= 15 is 0 Å². The van der Waals surface area contributed by atoms with E-state index in [-0.39, 0.29) is 34.3 Å². The van der Waals surface area contributed by atoms with Gasteiger partial charge < -0.3 is 34.1 Å². The van der Waals surface area contributed by atoms with Crippen LogP contribution in [0.3, 0.4) is 0 Å². The van der Waals surface area contributed by atoms with E-state index in [4.69, 9.17) is 25.2 Å². The van der Waals surface area contributed by atoms with Gasteiger partial charge >= 0.3 is 0 Å². The lowest BCUT2D eigenvalue weighted by atomic mass is 9.46. The van der Waals surface area contributed by atoms with Crippen LogP contribution in [-0.4, -0.2) is 56.3 Å². The Morgan fingerprint density at radius 1 is 1.02 bits per heavy atom. The summed E-state index contributed by atoms with van der Waals surface area (Å²) in [7, 11) is 1.56. The van der Waals surface area contributed by atoms with Crippen molar-refractivity contribution in [2.75, 3.05) is 7.11 Å². The zero-order valence-corrected chi connectivity index (χ0v) is 33.7. The zero-order valence-electron chi connectivity index (χ0n) is 33.7. The van der Waals surface area contributed by atoms with Gasteiger partial charge in [0.25, 0.3) is 0 Å². The van der Waals surface area contributed by atoms with Crippen molar-refractivity contribution in [1.82, 2.24) is 5.16 Å². The minimum atomic E-state index is -0.909. The molecule has 7 unspecified atom stereocenters.